The number of benzene rings is 2. The standard InChI is InChI=1S/C18H21NO2/c1-18(2,14-13-15-9-5-3-6-10-15)19-17(20)21-16-11-7-4-8-12-16/h3-12H,13-14H2,1-2H3,(H,19,20). The topological polar surface area (TPSA) is 38.3 Å². The smallest absolute Gasteiger partial charge is 0.410 e. The molecule has 0 aliphatic heterocycles. The van der Waals surface area contributed by atoms with Gasteiger partial charge in [0.2, 0.25) is 0 Å². The molecule has 0 bridgehead atoms. The molecule has 1 N–H and O–H groups in total. The molecule has 0 aliphatic carbocycles. The van der Waals surface area contributed by atoms with E-state index in [0.717, 1.165) is 12.8 Å². The van der Waals surface area contributed by atoms with Crippen LogP contribution in [0.25, 0.3) is 0 Å². The van der Waals surface area contributed by atoms with E-state index in [9.17, 15) is 4.79 Å². The van der Waals surface area contributed by atoms with Gasteiger partial charge in [0.25, 0.3) is 0 Å². The molecule has 2 aromatic rings. The Balaban J connectivity index is 1.84. The number of para-hydroxylation sites is 1. The SMILES string of the molecule is CC(C)(CCc1ccccc1)NC(=O)Oc1ccccc1. The van der Waals surface area contributed by atoms with E-state index in [4.69, 9.17) is 4.74 Å². The van der Waals surface area contributed by atoms with Crippen LogP contribution in [0.5, 0.6) is 5.75 Å². The van der Waals surface area contributed by atoms with Crippen LogP contribution < -0.4 is 10.1 Å². The first-order chi connectivity index (χ1) is 10.1. The number of rotatable bonds is 5. The molecule has 0 fully saturated rings. The maximum absolute atomic E-state index is 11.9. The van der Waals surface area contributed by atoms with Gasteiger partial charge in [0.05, 0.1) is 0 Å². The van der Waals surface area contributed by atoms with Crippen LogP contribution in [-0.2, 0) is 6.42 Å². The predicted octanol–water partition coefficient (Wildman–Crippen LogP) is 4.19. The monoisotopic (exact) mass is 283 g/mol. The summed E-state index contributed by atoms with van der Waals surface area (Å²) >= 11 is 0. The summed E-state index contributed by atoms with van der Waals surface area (Å²) in [6.45, 7) is 4.00. The predicted molar refractivity (Wildman–Crippen MR) is 84.4 cm³/mol. The van der Waals surface area contributed by atoms with E-state index in [1.165, 1.54) is 5.56 Å². The van der Waals surface area contributed by atoms with Crippen molar-refractivity contribution in [2.45, 2.75) is 32.2 Å². The van der Waals surface area contributed by atoms with Crippen molar-refractivity contribution < 1.29 is 9.53 Å². The number of nitrogens with one attached hydrogen (secondary N) is 1. The van der Waals surface area contributed by atoms with Crippen LogP contribution in [0.1, 0.15) is 25.8 Å². The van der Waals surface area contributed by atoms with E-state index in [1.54, 1.807) is 12.1 Å². The Hall–Kier alpha value is -2.29. The number of carbonyl (C=O) groups is 1. The molecule has 1 amide bonds. The minimum Gasteiger partial charge on any atom is -0.410 e. The minimum absolute atomic E-state index is 0.318. The summed E-state index contributed by atoms with van der Waals surface area (Å²) in [5, 5.41) is 2.91. The quantitative estimate of drug-likeness (QED) is 0.893. The second kappa shape index (κ2) is 6.93. The lowest BCUT2D eigenvalue weighted by Crippen LogP contribution is -2.45. The number of amides is 1. The van der Waals surface area contributed by atoms with Crippen molar-refractivity contribution in [1.82, 2.24) is 5.32 Å². The van der Waals surface area contributed by atoms with Crippen molar-refractivity contribution in [3.63, 3.8) is 0 Å². The van der Waals surface area contributed by atoms with Gasteiger partial charge in [-0.05, 0) is 44.4 Å². The van der Waals surface area contributed by atoms with Crippen molar-refractivity contribution in [3.05, 3.63) is 66.2 Å². The van der Waals surface area contributed by atoms with Gasteiger partial charge in [0, 0.05) is 5.54 Å². The fourth-order valence-electron chi connectivity index (χ4n) is 2.06. The average molecular weight is 283 g/mol. The maximum atomic E-state index is 11.9. The highest BCUT2D eigenvalue weighted by atomic mass is 16.6. The Morgan fingerprint density at radius 1 is 1.00 bits per heavy atom. The van der Waals surface area contributed by atoms with E-state index in [0.29, 0.717) is 5.75 Å². The second-order valence-corrected chi connectivity index (χ2v) is 5.70. The molecule has 110 valence electrons. The van der Waals surface area contributed by atoms with Gasteiger partial charge in [-0.3, -0.25) is 0 Å². The zero-order chi connectivity index (χ0) is 15.1. The molecule has 2 aromatic carbocycles. The van der Waals surface area contributed by atoms with Gasteiger partial charge in [0.15, 0.2) is 0 Å². The van der Waals surface area contributed by atoms with E-state index in [2.05, 4.69) is 17.4 Å². The Morgan fingerprint density at radius 3 is 2.19 bits per heavy atom. The highest BCUT2D eigenvalue weighted by Gasteiger charge is 2.21. The molecule has 3 nitrogen and oxygen atoms in total. The van der Waals surface area contributed by atoms with Crippen LogP contribution in [0.3, 0.4) is 0 Å². The van der Waals surface area contributed by atoms with Gasteiger partial charge in [-0.2, -0.15) is 0 Å². The zero-order valence-electron chi connectivity index (χ0n) is 12.5. The average Bonchev–Trinajstić information content (AvgIpc) is 2.47. The molecule has 3 heteroatoms. The number of carbonyl (C=O) groups excluding carboxylic acids is 1. The summed E-state index contributed by atoms with van der Waals surface area (Å²) in [5.41, 5.74) is 0.950. The second-order valence-electron chi connectivity index (χ2n) is 5.70. The summed E-state index contributed by atoms with van der Waals surface area (Å²) in [7, 11) is 0. The van der Waals surface area contributed by atoms with Gasteiger partial charge >= 0.3 is 6.09 Å². The first-order valence-corrected chi connectivity index (χ1v) is 7.14. The third kappa shape index (κ3) is 5.30. The molecule has 0 spiro atoms. The van der Waals surface area contributed by atoms with Crippen molar-refractivity contribution in [2.24, 2.45) is 0 Å². The third-order valence-corrected chi connectivity index (χ3v) is 3.28. The summed E-state index contributed by atoms with van der Waals surface area (Å²) in [6, 6.07) is 19.3. The van der Waals surface area contributed by atoms with E-state index in [1.807, 2.05) is 50.2 Å². The van der Waals surface area contributed by atoms with Crippen LogP contribution in [-0.4, -0.2) is 11.6 Å². The lowest BCUT2D eigenvalue weighted by atomic mass is 9.95. The lowest BCUT2D eigenvalue weighted by molar-refractivity contribution is 0.187. The van der Waals surface area contributed by atoms with E-state index < -0.39 is 6.09 Å². The summed E-state index contributed by atoms with van der Waals surface area (Å²) in [4.78, 5) is 11.9. The molecule has 0 unspecified atom stereocenters. The fourth-order valence-corrected chi connectivity index (χ4v) is 2.06. The van der Waals surface area contributed by atoms with Crippen LogP contribution in [0, 0.1) is 0 Å². The number of hydrogen-bond acceptors (Lipinski definition) is 2. The highest BCUT2D eigenvalue weighted by molar-refractivity contribution is 5.71. The lowest BCUT2D eigenvalue weighted by Gasteiger charge is -2.25. The maximum Gasteiger partial charge on any atom is 0.413 e. The summed E-state index contributed by atoms with van der Waals surface area (Å²) in [5.74, 6) is 0.550. The minimum atomic E-state index is -0.417. The van der Waals surface area contributed by atoms with Crippen molar-refractivity contribution in [2.75, 3.05) is 0 Å². The largest absolute Gasteiger partial charge is 0.413 e. The van der Waals surface area contributed by atoms with Crippen molar-refractivity contribution in [1.29, 1.82) is 0 Å². The number of hydrogen-bond donors (Lipinski definition) is 1. The Morgan fingerprint density at radius 2 is 1.57 bits per heavy atom. The van der Waals surface area contributed by atoms with Gasteiger partial charge in [-0.15, -0.1) is 0 Å². The molecule has 0 radical (unpaired) electrons. The normalized spacial score (nSPS) is 11.0. The highest BCUT2D eigenvalue weighted by Crippen LogP contribution is 2.15. The molecule has 0 aliphatic rings. The Labute approximate surface area is 126 Å². The van der Waals surface area contributed by atoms with Crippen molar-refractivity contribution >= 4 is 6.09 Å². The van der Waals surface area contributed by atoms with E-state index in [-0.39, 0.29) is 5.54 Å². The first-order valence-electron chi connectivity index (χ1n) is 7.14. The molecule has 21 heavy (non-hydrogen) atoms. The van der Waals surface area contributed by atoms with Gasteiger partial charge in [0.1, 0.15) is 5.75 Å². The number of ether oxygens (including phenoxy) is 1. The van der Waals surface area contributed by atoms with Crippen molar-refractivity contribution in [3.8, 4) is 5.75 Å². The molecular weight excluding hydrogens is 262 g/mol. The Kier molecular flexibility index (Phi) is 4.99. The van der Waals surface area contributed by atoms with Crippen LogP contribution in [0.4, 0.5) is 4.79 Å². The zero-order valence-corrected chi connectivity index (χ0v) is 12.5. The van der Waals surface area contributed by atoms with Gasteiger partial charge in [-0.1, -0.05) is 48.5 Å². The molecule has 0 aromatic heterocycles. The molecule has 0 saturated carbocycles. The molecule has 2 rings (SSSR count). The van der Waals surface area contributed by atoms with Gasteiger partial charge < -0.3 is 10.1 Å². The van der Waals surface area contributed by atoms with Crippen LogP contribution in [0.2, 0.25) is 0 Å². The summed E-state index contributed by atoms with van der Waals surface area (Å²) in [6.07, 6.45) is 1.35. The molecular formula is C18H21NO2. The van der Waals surface area contributed by atoms with Crippen LogP contribution in [0.15, 0.2) is 60.7 Å². The Bertz CT molecular complexity index is 564. The number of aryl methyl sites for hydroxylation is 1. The van der Waals surface area contributed by atoms with E-state index >= 15 is 0 Å². The molecule has 0 atom stereocenters. The van der Waals surface area contributed by atoms with Crippen LogP contribution >= 0.6 is 0 Å². The third-order valence-electron chi connectivity index (χ3n) is 3.28. The summed E-state index contributed by atoms with van der Waals surface area (Å²) < 4.78 is 5.25. The molecule has 0 saturated heterocycles. The fraction of sp³-hybridized carbons (Fsp3) is 0.278. The molecule has 0 heterocycles. The van der Waals surface area contributed by atoms with Gasteiger partial charge in [-0.25, -0.2) is 4.79 Å². The first kappa shape index (κ1) is 15.1.